The van der Waals surface area contributed by atoms with E-state index in [4.69, 9.17) is 0 Å². The number of carbonyl (C=O) groups is 1. The number of amides is 2. The van der Waals surface area contributed by atoms with Gasteiger partial charge in [-0.15, -0.1) is 0 Å². The molecule has 1 aliphatic heterocycles. The third kappa shape index (κ3) is 2.73. The summed E-state index contributed by atoms with van der Waals surface area (Å²) in [6.07, 6.45) is 0. The number of hydrogen-bond acceptors (Lipinski definition) is 5. The Balaban J connectivity index is 1.68. The van der Waals surface area contributed by atoms with Crippen LogP contribution in [0.2, 0.25) is 0 Å². The Labute approximate surface area is 126 Å². The molecule has 0 unspecified atom stereocenters. The molecule has 1 heterocycles. The number of anilines is 4. The van der Waals surface area contributed by atoms with Crippen LogP contribution in [0.25, 0.3) is 0 Å². The highest BCUT2D eigenvalue weighted by Crippen LogP contribution is 2.32. The molecule has 2 aromatic rings. The smallest absolute Gasteiger partial charge is 0.323 e. The van der Waals surface area contributed by atoms with Crippen LogP contribution < -0.4 is 21.3 Å². The molecular weight excluding hydrogens is 284 g/mol. The molecule has 0 spiro atoms. The third-order valence-electron chi connectivity index (χ3n) is 3.08. The van der Waals surface area contributed by atoms with Gasteiger partial charge in [-0.05, 0) is 30.3 Å². The second-order valence-electron chi connectivity index (χ2n) is 4.77. The molecule has 2 amide bonds. The summed E-state index contributed by atoms with van der Waals surface area (Å²) >= 11 is 0. The van der Waals surface area contributed by atoms with Crippen molar-refractivity contribution in [3.63, 3.8) is 0 Å². The maximum absolute atomic E-state index is 11.9. The Hall–Kier alpha value is -3.35. The molecule has 6 N–H and O–H groups in total. The second kappa shape index (κ2) is 5.21. The molecule has 0 fully saturated rings. The standard InChI is InChI=1S/C15H14N4O3/c1-8-16-11-4-2-9(6-12(11)17-8)18-15(22)19-10-3-5-13(20)14(21)7-10/h2-7,16-17,20-21H,1H2,(H2,18,19,22). The van der Waals surface area contributed by atoms with Crippen molar-refractivity contribution in [3.05, 3.63) is 48.8 Å². The van der Waals surface area contributed by atoms with Crippen LogP contribution in [0.15, 0.2) is 48.8 Å². The molecule has 0 saturated carbocycles. The van der Waals surface area contributed by atoms with Gasteiger partial charge >= 0.3 is 6.03 Å². The Kier molecular flexibility index (Phi) is 3.23. The molecule has 2 aromatic carbocycles. The molecule has 22 heavy (non-hydrogen) atoms. The molecule has 3 rings (SSSR count). The first kappa shape index (κ1) is 13.6. The van der Waals surface area contributed by atoms with Crippen LogP contribution in [-0.4, -0.2) is 16.2 Å². The van der Waals surface area contributed by atoms with E-state index in [2.05, 4.69) is 27.8 Å². The first-order chi connectivity index (χ1) is 10.5. The maximum Gasteiger partial charge on any atom is 0.323 e. The molecule has 0 bridgehead atoms. The summed E-state index contributed by atoms with van der Waals surface area (Å²) in [5.74, 6) is 0.128. The molecule has 1 aliphatic rings. The van der Waals surface area contributed by atoms with E-state index in [1.807, 2.05) is 6.07 Å². The molecule has 0 aliphatic carbocycles. The van der Waals surface area contributed by atoms with Gasteiger partial charge in [0.15, 0.2) is 11.5 Å². The number of aromatic hydroxyl groups is 2. The minimum Gasteiger partial charge on any atom is -0.504 e. The van der Waals surface area contributed by atoms with Gasteiger partial charge in [-0.2, -0.15) is 0 Å². The van der Waals surface area contributed by atoms with Gasteiger partial charge in [-0.1, -0.05) is 6.58 Å². The summed E-state index contributed by atoms with van der Waals surface area (Å²) in [6, 6.07) is 8.91. The molecule has 0 saturated heterocycles. The molecule has 0 atom stereocenters. The number of phenols is 2. The minimum atomic E-state index is -0.463. The van der Waals surface area contributed by atoms with Crippen molar-refractivity contribution in [1.29, 1.82) is 0 Å². The Morgan fingerprint density at radius 1 is 0.909 bits per heavy atom. The lowest BCUT2D eigenvalue weighted by Gasteiger charge is -2.09. The van der Waals surface area contributed by atoms with Crippen LogP contribution in [0.1, 0.15) is 0 Å². The highest BCUT2D eigenvalue weighted by Gasteiger charge is 2.13. The fourth-order valence-electron chi connectivity index (χ4n) is 2.09. The Bertz CT molecular complexity index is 773. The normalized spacial score (nSPS) is 12.1. The van der Waals surface area contributed by atoms with Crippen molar-refractivity contribution in [3.8, 4) is 11.5 Å². The van der Waals surface area contributed by atoms with Crippen LogP contribution in [0.3, 0.4) is 0 Å². The van der Waals surface area contributed by atoms with E-state index in [0.29, 0.717) is 17.2 Å². The fraction of sp³-hybridized carbons (Fsp3) is 0. The van der Waals surface area contributed by atoms with E-state index < -0.39 is 6.03 Å². The van der Waals surface area contributed by atoms with Crippen molar-refractivity contribution in [1.82, 2.24) is 0 Å². The first-order valence-electron chi connectivity index (χ1n) is 6.48. The van der Waals surface area contributed by atoms with Crippen molar-refractivity contribution in [2.24, 2.45) is 0 Å². The Morgan fingerprint density at radius 3 is 2.27 bits per heavy atom. The number of benzene rings is 2. The van der Waals surface area contributed by atoms with Crippen molar-refractivity contribution < 1.29 is 15.0 Å². The number of carbonyl (C=O) groups excluding carboxylic acids is 1. The van der Waals surface area contributed by atoms with Gasteiger partial charge in [0.2, 0.25) is 0 Å². The fourth-order valence-corrected chi connectivity index (χ4v) is 2.09. The zero-order chi connectivity index (χ0) is 15.7. The van der Waals surface area contributed by atoms with Gasteiger partial charge in [0.05, 0.1) is 11.4 Å². The number of rotatable bonds is 2. The lowest BCUT2D eigenvalue weighted by molar-refractivity contribution is 0.262. The summed E-state index contributed by atoms with van der Waals surface area (Å²) in [5.41, 5.74) is 2.68. The van der Waals surface area contributed by atoms with E-state index in [9.17, 15) is 15.0 Å². The SMILES string of the molecule is C=C1Nc2ccc(NC(=O)Nc3ccc(O)c(O)c3)cc2N1. The van der Waals surface area contributed by atoms with E-state index in [1.165, 1.54) is 18.2 Å². The number of nitrogens with one attached hydrogen (secondary N) is 4. The van der Waals surface area contributed by atoms with Gasteiger partial charge in [0.25, 0.3) is 0 Å². The third-order valence-corrected chi connectivity index (χ3v) is 3.08. The van der Waals surface area contributed by atoms with Gasteiger partial charge in [0, 0.05) is 17.4 Å². The molecule has 7 nitrogen and oxygen atoms in total. The quantitative estimate of drug-likeness (QED) is 0.377. The first-order valence-corrected chi connectivity index (χ1v) is 6.48. The monoisotopic (exact) mass is 298 g/mol. The number of fused-ring (bicyclic) bond motifs is 1. The van der Waals surface area contributed by atoms with E-state index in [-0.39, 0.29) is 11.5 Å². The van der Waals surface area contributed by atoms with Crippen molar-refractivity contribution >= 4 is 28.8 Å². The number of hydrogen-bond donors (Lipinski definition) is 6. The lowest BCUT2D eigenvalue weighted by atomic mass is 10.2. The highest BCUT2D eigenvalue weighted by atomic mass is 16.3. The zero-order valence-corrected chi connectivity index (χ0v) is 11.5. The van der Waals surface area contributed by atoms with Gasteiger partial charge < -0.3 is 31.5 Å². The average molecular weight is 298 g/mol. The minimum absolute atomic E-state index is 0.247. The summed E-state index contributed by atoms with van der Waals surface area (Å²) in [6.45, 7) is 3.76. The predicted octanol–water partition coefficient (Wildman–Crippen LogP) is 3.05. The molecule has 112 valence electrons. The van der Waals surface area contributed by atoms with Crippen LogP contribution in [0.4, 0.5) is 27.5 Å². The number of phenolic OH excluding ortho intramolecular Hbond substituents is 2. The van der Waals surface area contributed by atoms with E-state index in [1.54, 1.807) is 12.1 Å². The molecule has 7 heteroatoms. The highest BCUT2D eigenvalue weighted by molar-refractivity contribution is 6.00. The average Bonchev–Trinajstić information content (AvgIpc) is 2.82. The summed E-state index contributed by atoms with van der Waals surface area (Å²) in [5, 5.41) is 29.9. The van der Waals surface area contributed by atoms with Gasteiger partial charge in [-0.3, -0.25) is 0 Å². The molecule has 0 aromatic heterocycles. The number of urea groups is 1. The Morgan fingerprint density at radius 2 is 1.55 bits per heavy atom. The van der Waals surface area contributed by atoms with Crippen LogP contribution in [-0.2, 0) is 0 Å². The van der Waals surface area contributed by atoms with E-state index in [0.717, 1.165) is 11.4 Å². The van der Waals surface area contributed by atoms with Crippen LogP contribution in [0, 0.1) is 0 Å². The summed E-state index contributed by atoms with van der Waals surface area (Å²) in [4.78, 5) is 11.9. The second-order valence-corrected chi connectivity index (χ2v) is 4.77. The van der Waals surface area contributed by atoms with E-state index >= 15 is 0 Å². The largest absolute Gasteiger partial charge is 0.504 e. The predicted molar refractivity (Wildman–Crippen MR) is 85.2 cm³/mol. The maximum atomic E-state index is 11.9. The van der Waals surface area contributed by atoms with Crippen molar-refractivity contribution in [2.45, 2.75) is 0 Å². The van der Waals surface area contributed by atoms with Crippen LogP contribution >= 0.6 is 0 Å². The van der Waals surface area contributed by atoms with Crippen LogP contribution in [0.5, 0.6) is 11.5 Å². The van der Waals surface area contributed by atoms with Gasteiger partial charge in [-0.25, -0.2) is 4.79 Å². The zero-order valence-electron chi connectivity index (χ0n) is 11.5. The summed E-state index contributed by atoms with van der Waals surface area (Å²) < 4.78 is 0. The van der Waals surface area contributed by atoms with Gasteiger partial charge in [0.1, 0.15) is 5.82 Å². The molecular formula is C15H14N4O3. The van der Waals surface area contributed by atoms with Crippen molar-refractivity contribution in [2.75, 3.05) is 21.3 Å². The molecule has 0 radical (unpaired) electrons. The summed E-state index contributed by atoms with van der Waals surface area (Å²) in [7, 11) is 0. The topological polar surface area (TPSA) is 106 Å². The lowest BCUT2D eigenvalue weighted by Crippen LogP contribution is -2.19.